The van der Waals surface area contributed by atoms with Gasteiger partial charge < -0.3 is 0 Å². The third kappa shape index (κ3) is 2.43. The number of nitrogens with zero attached hydrogens (tertiary/aromatic N) is 1. The molecule has 0 aromatic heterocycles. The molecule has 0 N–H and O–H groups in total. The predicted molar refractivity (Wildman–Crippen MR) is 88.5 cm³/mol. The number of fused-ring (bicyclic) bond motifs is 1. The number of carbonyl (C=O) groups is 2. The lowest BCUT2D eigenvalue weighted by Crippen LogP contribution is -2.39. The van der Waals surface area contributed by atoms with E-state index in [0.717, 1.165) is 38.5 Å². The van der Waals surface area contributed by atoms with Crippen LogP contribution in [0, 0.1) is 0 Å². The van der Waals surface area contributed by atoms with E-state index < -0.39 is 11.8 Å². The lowest BCUT2D eigenvalue weighted by Gasteiger charge is -2.24. The summed E-state index contributed by atoms with van der Waals surface area (Å²) < 4.78 is 0. The Kier molecular flexibility index (Phi) is 4.61. The Morgan fingerprint density at radius 2 is 1.09 bits per heavy atom. The molecule has 1 aliphatic heterocycles. The Morgan fingerprint density at radius 1 is 0.682 bits per heavy atom. The molecule has 1 aromatic carbocycles. The maximum Gasteiger partial charge on any atom is 0.263 e. The van der Waals surface area contributed by atoms with E-state index in [2.05, 4.69) is 0 Å². The zero-order valence-corrected chi connectivity index (χ0v) is 14.6. The highest BCUT2D eigenvalue weighted by Gasteiger charge is 2.44. The molecule has 0 radical (unpaired) electrons. The van der Waals surface area contributed by atoms with Crippen LogP contribution in [-0.2, 0) is 0 Å². The molecule has 3 nitrogen and oxygen atoms in total. The molecule has 0 atom stereocenters. The molecule has 0 unspecified atom stereocenters. The highest BCUT2D eigenvalue weighted by atomic mass is 35.5. The first kappa shape index (κ1) is 16.4. The SMILES string of the molecule is O=C1c2c(Cl)c(Cl)c(Cl)c(Cl)c2C(=O)N1C1CCCCCC1. The number of carbonyl (C=O) groups excluding carboxylic acids is 2. The summed E-state index contributed by atoms with van der Waals surface area (Å²) in [6.07, 6.45) is 5.87. The molecule has 7 heteroatoms. The first-order valence-electron chi connectivity index (χ1n) is 7.19. The van der Waals surface area contributed by atoms with Crippen molar-refractivity contribution in [2.45, 2.75) is 44.6 Å². The Labute approximate surface area is 148 Å². The van der Waals surface area contributed by atoms with Crippen molar-refractivity contribution in [3.05, 3.63) is 31.2 Å². The largest absolute Gasteiger partial charge is 0.271 e. The number of imide groups is 1. The summed E-state index contributed by atoms with van der Waals surface area (Å²) >= 11 is 24.3. The van der Waals surface area contributed by atoms with Crippen LogP contribution in [0.25, 0.3) is 0 Å². The van der Waals surface area contributed by atoms with Gasteiger partial charge in [-0.3, -0.25) is 14.5 Å². The lowest BCUT2D eigenvalue weighted by molar-refractivity contribution is 0.0570. The van der Waals surface area contributed by atoms with Crippen LogP contribution in [0.3, 0.4) is 0 Å². The first-order chi connectivity index (χ1) is 10.4. The van der Waals surface area contributed by atoms with Gasteiger partial charge in [-0.25, -0.2) is 0 Å². The van der Waals surface area contributed by atoms with Gasteiger partial charge in [-0.05, 0) is 12.8 Å². The maximum absolute atomic E-state index is 12.7. The van der Waals surface area contributed by atoms with Crippen LogP contribution >= 0.6 is 46.4 Å². The van der Waals surface area contributed by atoms with Crippen LogP contribution in [-0.4, -0.2) is 22.8 Å². The zero-order valence-electron chi connectivity index (χ0n) is 11.6. The van der Waals surface area contributed by atoms with Gasteiger partial charge in [0, 0.05) is 6.04 Å². The summed E-state index contributed by atoms with van der Waals surface area (Å²) in [5, 5.41) is 0.0213. The average molecular weight is 381 g/mol. The fourth-order valence-corrected chi connectivity index (χ4v) is 4.23. The highest BCUT2D eigenvalue weighted by Crippen LogP contribution is 2.45. The number of hydrogen-bond donors (Lipinski definition) is 0. The minimum atomic E-state index is -0.419. The van der Waals surface area contributed by atoms with Crippen LogP contribution in [0.4, 0.5) is 0 Å². The maximum atomic E-state index is 12.7. The van der Waals surface area contributed by atoms with E-state index in [-0.39, 0.29) is 37.3 Å². The van der Waals surface area contributed by atoms with E-state index in [1.54, 1.807) is 0 Å². The normalized spacial score (nSPS) is 19.5. The predicted octanol–water partition coefficient (Wildman–Crippen LogP) is 5.62. The molecule has 2 aliphatic rings. The van der Waals surface area contributed by atoms with Crippen LogP contribution in [0.1, 0.15) is 59.2 Å². The summed E-state index contributed by atoms with van der Waals surface area (Å²) in [5.41, 5.74) is 0.158. The van der Waals surface area contributed by atoms with Crippen molar-refractivity contribution in [3.8, 4) is 0 Å². The van der Waals surface area contributed by atoms with Gasteiger partial charge in [0.15, 0.2) is 0 Å². The first-order valence-corrected chi connectivity index (χ1v) is 8.70. The van der Waals surface area contributed by atoms with Crippen LogP contribution in [0.15, 0.2) is 0 Å². The van der Waals surface area contributed by atoms with Gasteiger partial charge in [-0.2, -0.15) is 0 Å². The molecule has 0 saturated heterocycles. The Morgan fingerprint density at radius 3 is 1.50 bits per heavy atom. The molecule has 3 rings (SSSR count). The van der Waals surface area contributed by atoms with Crippen molar-refractivity contribution < 1.29 is 9.59 Å². The van der Waals surface area contributed by atoms with Crippen molar-refractivity contribution in [1.82, 2.24) is 4.90 Å². The monoisotopic (exact) mass is 379 g/mol. The quantitative estimate of drug-likeness (QED) is 0.274. The van der Waals surface area contributed by atoms with E-state index >= 15 is 0 Å². The third-order valence-electron chi connectivity index (χ3n) is 4.32. The van der Waals surface area contributed by atoms with Crippen molar-refractivity contribution in [2.24, 2.45) is 0 Å². The number of halogens is 4. The van der Waals surface area contributed by atoms with Gasteiger partial charge in [-0.1, -0.05) is 72.1 Å². The van der Waals surface area contributed by atoms with E-state index in [9.17, 15) is 9.59 Å². The van der Waals surface area contributed by atoms with Crippen LogP contribution in [0.5, 0.6) is 0 Å². The molecule has 2 amide bonds. The van der Waals surface area contributed by atoms with Gasteiger partial charge in [0.25, 0.3) is 11.8 Å². The molecule has 0 bridgehead atoms. The number of rotatable bonds is 1. The smallest absolute Gasteiger partial charge is 0.263 e. The standard InChI is InChI=1S/C15H13Cl4NO2/c16-10-8-9(11(17)13(19)12(10)18)15(22)20(14(8)21)7-5-3-1-2-4-6-7/h7H,1-6H2. The summed E-state index contributed by atoms with van der Waals surface area (Å²) in [6.45, 7) is 0. The van der Waals surface area contributed by atoms with Crippen molar-refractivity contribution >= 4 is 58.2 Å². The summed E-state index contributed by atoms with van der Waals surface area (Å²) in [7, 11) is 0. The summed E-state index contributed by atoms with van der Waals surface area (Å²) in [6, 6.07) is -0.111. The van der Waals surface area contributed by atoms with Gasteiger partial charge >= 0.3 is 0 Å². The molecule has 0 spiro atoms. The van der Waals surface area contributed by atoms with Crippen molar-refractivity contribution in [1.29, 1.82) is 0 Å². The molecule has 118 valence electrons. The highest BCUT2D eigenvalue weighted by molar-refractivity contribution is 6.55. The second-order valence-corrected chi connectivity index (χ2v) is 7.14. The second kappa shape index (κ2) is 6.20. The van der Waals surface area contributed by atoms with Gasteiger partial charge in [0.2, 0.25) is 0 Å². The Balaban J connectivity index is 2.09. The van der Waals surface area contributed by atoms with Crippen molar-refractivity contribution in [3.63, 3.8) is 0 Å². The minimum Gasteiger partial charge on any atom is -0.271 e. The van der Waals surface area contributed by atoms with Crippen LogP contribution in [0.2, 0.25) is 20.1 Å². The fourth-order valence-electron chi connectivity index (χ4n) is 3.21. The fraction of sp³-hybridized carbons (Fsp3) is 0.467. The van der Waals surface area contributed by atoms with E-state index in [1.807, 2.05) is 0 Å². The Bertz CT molecular complexity index is 619. The summed E-state index contributed by atoms with van der Waals surface area (Å²) in [4.78, 5) is 26.7. The van der Waals surface area contributed by atoms with Gasteiger partial charge in [0.05, 0.1) is 31.2 Å². The molecular formula is C15H13Cl4NO2. The molecule has 1 aliphatic carbocycles. The average Bonchev–Trinajstić information content (AvgIpc) is 2.69. The second-order valence-electron chi connectivity index (χ2n) is 5.63. The summed E-state index contributed by atoms with van der Waals surface area (Å²) in [5.74, 6) is -0.838. The zero-order chi connectivity index (χ0) is 16.0. The molecule has 1 fully saturated rings. The van der Waals surface area contributed by atoms with Gasteiger partial charge in [0.1, 0.15) is 0 Å². The van der Waals surface area contributed by atoms with E-state index in [1.165, 1.54) is 4.90 Å². The van der Waals surface area contributed by atoms with Crippen molar-refractivity contribution in [2.75, 3.05) is 0 Å². The molecule has 1 saturated carbocycles. The number of amides is 2. The minimum absolute atomic E-state index is 0.000499. The van der Waals surface area contributed by atoms with Crippen LogP contribution < -0.4 is 0 Å². The third-order valence-corrected chi connectivity index (χ3v) is 6.12. The molecule has 22 heavy (non-hydrogen) atoms. The van der Waals surface area contributed by atoms with E-state index in [4.69, 9.17) is 46.4 Å². The van der Waals surface area contributed by atoms with Gasteiger partial charge in [-0.15, -0.1) is 0 Å². The van der Waals surface area contributed by atoms with E-state index in [0.29, 0.717) is 0 Å². The molecule has 1 aromatic rings. The topological polar surface area (TPSA) is 37.4 Å². The number of hydrogen-bond acceptors (Lipinski definition) is 2. The Hall–Kier alpha value is -0.480. The number of benzene rings is 1. The molecular weight excluding hydrogens is 368 g/mol. The lowest BCUT2D eigenvalue weighted by atomic mass is 10.1. The molecule has 1 heterocycles.